The Hall–Kier alpha value is -1.77. The number of rotatable bonds is 7. The normalized spacial score (nSPS) is 17.6. The van der Waals surface area contributed by atoms with E-state index >= 15 is 0 Å². The Morgan fingerprint density at radius 3 is 2.57 bits per heavy atom. The first kappa shape index (κ1) is 22.9. The Bertz CT molecular complexity index is 973. The number of methoxy groups -OCH3 is 1. The van der Waals surface area contributed by atoms with Crippen LogP contribution in [0.3, 0.4) is 0 Å². The number of amidine groups is 1. The van der Waals surface area contributed by atoms with E-state index in [-0.39, 0.29) is 33.3 Å². The largest absolute Gasteiger partial charge is 0.383 e. The number of anilines is 1. The van der Waals surface area contributed by atoms with E-state index < -0.39 is 5.25 Å². The van der Waals surface area contributed by atoms with Gasteiger partial charge in [0.1, 0.15) is 5.25 Å². The lowest BCUT2D eigenvalue weighted by Crippen LogP contribution is -2.35. The minimum atomic E-state index is -0.606. The summed E-state index contributed by atoms with van der Waals surface area (Å²) < 4.78 is 5.10. The molecule has 0 bridgehead atoms. The number of thioether (sulfide) groups is 1. The molecule has 1 saturated heterocycles. The summed E-state index contributed by atoms with van der Waals surface area (Å²) in [5, 5.41) is 3.43. The highest BCUT2D eigenvalue weighted by molar-refractivity contribution is 8.15. The quantitative estimate of drug-likeness (QED) is 0.542. The van der Waals surface area contributed by atoms with Crippen molar-refractivity contribution in [1.82, 2.24) is 4.90 Å². The average molecular weight is 487 g/mol. The van der Waals surface area contributed by atoms with Gasteiger partial charge in [-0.15, -0.1) is 0 Å². The third-order valence-corrected chi connectivity index (χ3v) is 6.39. The second-order valence-electron chi connectivity index (χ2n) is 6.32. The highest BCUT2D eigenvalue weighted by Gasteiger charge is 2.39. The van der Waals surface area contributed by atoms with Crippen LogP contribution in [0.5, 0.6) is 0 Å². The fourth-order valence-electron chi connectivity index (χ4n) is 2.71. The van der Waals surface area contributed by atoms with Crippen molar-refractivity contribution in [3.05, 3.63) is 57.5 Å². The molecule has 1 aliphatic heterocycles. The van der Waals surface area contributed by atoms with Gasteiger partial charge in [0.05, 0.1) is 39.6 Å². The second kappa shape index (κ2) is 10.5. The fourth-order valence-corrected chi connectivity index (χ4v) is 4.49. The van der Waals surface area contributed by atoms with Gasteiger partial charge in [0, 0.05) is 13.5 Å². The van der Waals surface area contributed by atoms with Crippen LogP contribution in [0.4, 0.5) is 11.4 Å². The Labute approximate surface area is 193 Å². The standard InChI is InChI=1S/C20H18Cl3N3O3S/c1-29-8-7-26-19(28)17(30-20(26)24-12-5-3-2-4-6-12)11-18(27)25-16-10-14(22)13(21)9-15(16)23/h2-6,9-10,17H,7-8,11H2,1H3,(H,25,27). The van der Waals surface area contributed by atoms with Gasteiger partial charge in [0.2, 0.25) is 11.8 Å². The van der Waals surface area contributed by atoms with E-state index in [2.05, 4.69) is 10.3 Å². The SMILES string of the molecule is COCCN1C(=O)C(CC(=O)Nc2cc(Cl)c(Cl)cc2Cl)SC1=Nc1ccccc1. The first-order valence-electron chi connectivity index (χ1n) is 8.94. The van der Waals surface area contributed by atoms with Gasteiger partial charge in [0.15, 0.2) is 5.17 Å². The number of para-hydroxylation sites is 1. The summed E-state index contributed by atoms with van der Waals surface area (Å²) in [6.45, 7) is 0.711. The molecule has 10 heteroatoms. The molecule has 1 fully saturated rings. The van der Waals surface area contributed by atoms with Gasteiger partial charge in [0.25, 0.3) is 0 Å². The number of aliphatic imine (C=N–C) groups is 1. The van der Waals surface area contributed by atoms with Gasteiger partial charge >= 0.3 is 0 Å². The van der Waals surface area contributed by atoms with Crippen molar-refractivity contribution in [1.29, 1.82) is 0 Å². The predicted octanol–water partition coefficient (Wildman–Crippen LogP) is 5.25. The van der Waals surface area contributed by atoms with Gasteiger partial charge in [-0.1, -0.05) is 64.8 Å². The summed E-state index contributed by atoms with van der Waals surface area (Å²) in [6.07, 6.45) is -0.0443. The van der Waals surface area contributed by atoms with E-state index in [1.165, 1.54) is 23.9 Å². The molecule has 158 valence electrons. The number of ether oxygens (including phenoxy) is 1. The molecule has 1 aliphatic rings. The average Bonchev–Trinajstić information content (AvgIpc) is 2.99. The van der Waals surface area contributed by atoms with Gasteiger partial charge in [-0.05, 0) is 24.3 Å². The van der Waals surface area contributed by atoms with Crippen LogP contribution in [0.1, 0.15) is 6.42 Å². The molecule has 2 aromatic rings. The smallest absolute Gasteiger partial charge is 0.242 e. The number of carbonyl (C=O) groups excluding carboxylic acids is 2. The van der Waals surface area contributed by atoms with Crippen LogP contribution in [-0.4, -0.2) is 47.4 Å². The molecule has 0 radical (unpaired) electrons. The molecule has 3 rings (SSSR count). The van der Waals surface area contributed by atoms with E-state index in [1.54, 1.807) is 12.0 Å². The number of hydrogen-bond acceptors (Lipinski definition) is 5. The zero-order valence-electron chi connectivity index (χ0n) is 15.9. The summed E-state index contributed by atoms with van der Waals surface area (Å²) in [6, 6.07) is 12.2. The molecule has 1 atom stereocenters. The van der Waals surface area contributed by atoms with Crippen molar-refractivity contribution < 1.29 is 14.3 Å². The number of amides is 2. The first-order valence-corrected chi connectivity index (χ1v) is 11.0. The van der Waals surface area contributed by atoms with E-state index in [9.17, 15) is 9.59 Å². The van der Waals surface area contributed by atoms with Gasteiger partial charge in [-0.2, -0.15) is 0 Å². The zero-order valence-corrected chi connectivity index (χ0v) is 19.0. The second-order valence-corrected chi connectivity index (χ2v) is 8.71. The number of benzene rings is 2. The van der Waals surface area contributed by atoms with Gasteiger partial charge in [-0.3, -0.25) is 14.5 Å². The predicted molar refractivity (Wildman–Crippen MR) is 123 cm³/mol. The van der Waals surface area contributed by atoms with E-state index in [1.807, 2.05) is 30.3 Å². The van der Waals surface area contributed by atoms with Crippen LogP contribution in [0.15, 0.2) is 47.5 Å². The molecule has 2 amide bonds. The monoisotopic (exact) mass is 485 g/mol. The highest BCUT2D eigenvalue weighted by Crippen LogP contribution is 2.34. The molecule has 1 N–H and O–H groups in total. The molecular weight excluding hydrogens is 469 g/mol. The first-order chi connectivity index (χ1) is 14.4. The van der Waals surface area contributed by atoms with Crippen molar-refractivity contribution in [3.63, 3.8) is 0 Å². The maximum atomic E-state index is 12.9. The van der Waals surface area contributed by atoms with Crippen molar-refractivity contribution in [2.75, 3.05) is 25.6 Å². The molecule has 0 spiro atoms. The molecule has 1 unspecified atom stereocenters. The molecule has 0 aliphatic carbocycles. The summed E-state index contributed by atoms with van der Waals surface area (Å²) in [4.78, 5) is 31.6. The number of carbonyl (C=O) groups is 2. The molecule has 30 heavy (non-hydrogen) atoms. The van der Waals surface area contributed by atoms with Crippen molar-refractivity contribution in [2.45, 2.75) is 11.7 Å². The Morgan fingerprint density at radius 1 is 1.17 bits per heavy atom. The summed E-state index contributed by atoms with van der Waals surface area (Å²) in [5.74, 6) is -0.559. The molecule has 0 aromatic heterocycles. The zero-order chi connectivity index (χ0) is 21.7. The fraction of sp³-hybridized carbons (Fsp3) is 0.250. The molecular formula is C20H18Cl3N3O3S. The number of nitrogens with zero attached hydrogens (tertiary/aromatic N) is 2. The molecule has 1 heterocycles. The van der Waals surface area contributed by atoms with Crippen LogP contribution in [0.2, 0.25) is 15.1 Å². The third kappa shape index (κ3) is 5.68. The molecule has 6 nitrogen and oxygen atoms in total. The van der Waals surface area contributed by atoms with Crippen molar-refractivity contribution in [3.8, 4) is 0 Å². The Morgan fingerprint density at radius 2 is 1.87 bits per heavy atom. The number of hydrogen-bond donors (Lipinski definition) is 1. The number of halogens is 3. The van der Waals surface area contributed by atoms with Gasteiger partial charge < -0.3 is 10.1 Å². The van der Waals surface area contributed by atoms with Crippen LogP contribution in [-0.2, 0) is 14.3 Å². The van der Waals surface area contributed by atoms with Gasteiger partial charge in [-0.25, -0.2) is 4.99 Å². The number of nitrogens with one attached hydrogen (secondary N) is 1. The Balaban J connectivity index is 1.74. The van der Waals surface area contributed by atoms with Crippen LogP contribution in [0.25, 0.3) is 0 Å². The van der Waals surface area contributed by atoms with E-state index in [0.29, 0.717) is 24.0 Å². The lowest BCUT2D eigenvalue weighted by Gasteiger charge is -2.15. The topological polar surface area (TPSA) is 71.0 Å². The summed E-state index contributed by atoms with van der Waals surface area (Å²) in [5.41, 5.74) is 1.06. The summed E-state index contributed by atoms with van der Waals surface area (Å²) in [7, 11) is 1.56. The van der Waals surface area contributed by atoms with E-state index in [4.69, 9.17) is 39.5 Å². The minimum absolute atomic E-state index is 0.0443. The molecule has 0 saturated carbocycles. The highest BCUT2D eigenvalue weighted by atomic mass is 35.5. The maximum absolute atomic E-state index is 12.9. The lowest BCUT2D eigenvalue weighted by atomic mass is 10.2. The maximum Gasteiger partial charge on any atom is 0.242 e. The lowest BCUT2D eigenvalue weighted by molar-refractivity contribution is -0.128. The molecule has 2 aromatic carbocycles. The van der Waals surface area contributed by atoms with E-state index in [0.717, 1.165) is 5.69 Å². The summed E-state index contributed by atoms with van der Waals surface area (Å²) >= 11 is 19.3. The van der Waals surface area contributed by atoms with Crippen molar-refractivity contribution >= 4 is 74.9 Å². The van der Waals surface area contributed by atoms with Crippen LogP contribution >= 0.6 is 46.6 Å². The van der Waals surface area contributed by atoms with Crippen LogP contribution in [0, 0.1) is 0 Å². The van der Waals surface area contributed by atoms with Crippen LogP contribution < -0.4 is 5.32 Å². The Kier molecular flexibility index (Phi) is 8.02. The third-order valence-electron chi connectivity index (χ3n) is 4.17. The van der Waals surface area contributed by atoms with Crippen molar-refractivity contribution in [2.24, 2.45) is 4.99 Å². The minimum Gasteiger partial charge on any atom is -0.383 e.